The van der Waals surface area contributed by atoms with Gasteiger partial charge in [0.15, 0.2) is 0 Å². The van der Waals surface area contributed by atoms with Crippen molar-refractivity contribution in [3.63, 3.8) is 0 Å². The van der Waals surface area contributed by atoms with Crippen LogP contribution in [0.5, 0.6) is 0 Å². The lowest BCUT2D eigenvalue weighted by molar-refractivity contribution is 0.594. The van der Waals surface area contributed by atoms with Crippen LogP contribution in [-0.2, 0) is 0 Å². The molecule has 0 bridgehead atoms. The summed E-state index contributed by atoms with van der Waals surface area (Å²) in [5, 5.41) is 0.736. The van der Waals surface area contributed by atoms with Gasteiger partial charge in [-0.05, 0) is 17.7 Å². The first kappa shape index (κ1) is 10.2. The standard InChI is InChI=1S/C11H12ClN3/c12-10-3-1-9(2-4-10)11(7-13)15-6-5-14-8-15/h1-6,8,11H,7,13H2/t11-/m0/s1. The normalized spacial score (nSPS) is 12.7. The summed E-state index contributed by atoms with van der Waals surface area (Å²) in [7, 11) is 0. The molecule has 0 spiro atoms. The third-order valence-corrected chi connectivity index (χ3v) is 2.61. The van der Waals surface area contributed by atoms with Crippen molar-refractivity contribution in [2.75, 3.05) is 6.54 Å². The summed E-state index contributed by atoms with van der Waals surface area (Å²) in [4.78, 5) is 4.02. The molecule has 4 heteroatoms. The van der Waals surface area contributed by atoms with Gasteiger partial charge in [-0.2, -0.15) is 0 Å². The first-order chi connectivity index (χ1) is 7.31. The van der Waals surface area contributed by atoms with E-state index in [4.69, 9.17) is 17.3 Å². The summed E-state index contributed by atoms with van der Waals surface area (Å²) in [6.07, 6.45) is 5.43. The fourth-order valence-corrected chi connectivity index (χ4v) is 1.69. The maximum Gasteiger partial charge on any atom is 0.0952 e. The Balaban J connectivity index is 2.31. The number of rotatable bonds is 3. The number of nitrogens with two attached hydrogens (primary N) is 1. The lowest BCUT2D eigenvalue weighted by Gasteiger charge is -2.16. The highest BCUT2D eigenvalue weighted by Crippen LogP contribution is 2.19. The van der Waals surface area contributed by atoms with E-state index in [1.165, 1.54) is 0 Å². The largest absolute Gasteiger partial charge is 0.329 e. The average Bonchev–Trinajstić information content (AvgIpc) is 2.75. The summed E-state index contributed by atoms with van der Waals surface area (Å²) in [6, 6.07) is 7.84. The Hall–Kier alpha value is -1.32. The second-order valence-electron chi connectivity index (χ2n) is 3.31. The van der Waals surface area contributed by atoms with Gasteiger partial charge in [-0.3, -0.25) is 0 Å². The van der Waals surface area contributed by atoms with Gasteiger partial charge in [0.05, 0.1) is 12.4 Å². The number of halogens is 1. The summed E-state index contributed by atoms with van der Waals surface area (Å²) in [5.41, 5.74) is 6.89. The number of hydrogen-bond acceptors (Lipinski definition) is 2. The lowest BCUT2D eigenvalue weighted by atomic mass is 10.1. The quantitative estimate of drug-likeness (QED) is 0.863. The highest BCUT2D eigenvalue weighted by atomic mass is 35.5. The molecule has 78 valence electrons. The van der Waals surface area contributed by atoms with Crippen molar-refractivity contribution in [3.8, 4) is 0 Å². The lowest BCUT2D eigenvalue weighted by Crippen LogP contribution is -2.19. The molecule has 2 rings (SSSR count). The van der Waals surface area contributed by atoms with Crippen LogP contribution in [0.2, 0.25) is 5.02 Å². The van der Waals surface area contributed by atoms with E-state index in [1.54, 1.807) is 12.5 Å². The van der Waals surface area contributed by atoms with Crippen LogP contribution >= 0.6 is 11.6 Å². The van der Waals surface area contributed by atoms with Crippen molar-refractivity contribution >= 4 is 11.6 Å². The Morgan fingerprint density at radius 2 is 2.07 bits per heavy atom. The zero-order valence-electron chi connectivity index (χ0n) is 8.18. The van der Waals surface area contributed by atoms with Crippen molar-refractivity contribution in [2.45, 2.75) is 6.04 Å². The molecule has 0 amide bonds. The third kappa shape index (κ3) is 2.19. The minimum atomic E-state index is 0.129. The SMILES string of the molecule is NC[C@@H](c1ccc(Cl)cc1)n1ccnc1. The highest BCUT2D eigenvalue weighted by molar-refractivity contribution is 6.30. The topological polar surface area (TPSA) is 43.8 Å². The van der Waals surface area contributed by atoms with Crippen molar-refractivity contribution < 1.29 is 0 Å². The number of imidazole rings is 1. The van der Waals surface area contributed by atoms with Crippen LogP contribution < -0.4 is 5.73 Å². The van der Waals surface area contributed by atoms with Crippen molar-refractivity contribution in [1.82, 2.24) is 9.55 Å². The molecule has 1 aromatic carbocycles. The first-order valence-electron chi connectivity index (χ1n) is 4.74. The molecule has 1 aromatic heterocycles. The number of aromatic nitrogens is 2. The van der Waals surface area contributed by atoms with Crippen molar-refractivity contribution in [1.29, 1.82) is 0 Å². The van der Waals surface area contributed by atoms with Crippen LogP contribution in [0.15, 0.2) is 43.0 Å². The summed E-state index contributed by atoms with van der Waals surface area (Å²) in [6.45, 7) is 0.540. The van der Waals surface area contributed by atoms with E-state index in [0.29, 0.717) is 6.54 Å². The molecule has 1 atom stereocenters. The predicted octanol–water partition coefficient (Wildman–Crippen LogP) is 2.08. The van der Waals surface area contributed by atoms with Gasteiger partial charge in [-0.1, -0.05) is 23.7 Å². The van der Waals surface area contributed by atoms with Crippen LogP contribution in [0.25, 0.3) is 0 Å². The fraction of sp³-hybridized carbons (Fsp3) is 0.182. The Morgan fingerprint density at radius 1 is 1.33 bits per heavy atom. The second-order valence-corrected chi connectivity index (χ2v) is 3.75. The smallest absolute Gasteiger partial charge is 0.0952 e. The van der Waals surface area contributed by atoms with Crippen LogP contribution in [0.3, 0.4) is 0 Å². The van der Waals surface area contributed by atoms with Gasteiger partial charge in [-0.15, -0.1) is 0 Å². The number of hydrogen-bond donors (Lipinski definition) is 1. The van der Waals surface area contributed by atoms with E-state index >= 15 is 0 Å². The average molecular weight is 222 g/mol. The maximum atomic E-state index is 5.83. The summed E-state index contributed by atoms with van der Waals surface area (Å²) < 4.78 is 1.99. The molecule has 0 unspecified atom stereocenters. The zero-order chi connectivity index (χ0) is 10.7. The Bertz CT molecular complexity index is 408. The van der Waals surface area contributed by atoms with Crippen LogP contribution in [0.4, 0.5) is 0 Å². The van der Waals surface area contributed by atoms with E-state index in [9.17, 15) is 0 Å². The van der Waals surface area contributed by atoms with E-state index in [0.717, 1.165) is 10.6 Å². The van der Waals surface area contributed by atoms with E-state index < -0.39 is 0 Å². The zero-order valence-corrected chi connectivity index (χ0v) is 8.93. The maximum absolute atomic E-state index is 5.83. The Kier molecular flexibility index (Phi) is 3.04. The van der Waals surface area contributed by atoms with Gasteiger partial charge < -0.3 is 10.3 Å². The molecule has 3 nitrogen and oxygen atoms in total. The van der Waals surface area contributed by atoms with Gasteiger partial charge in [0, 0.05) is 24.0 Å². The molecule has 2 N–H and O–H groups in total. The van der Waals surface area contributed by atoms with Gasteiger partial charge in [0.1, 0.15) is 0 Å². The molecule has 0 saturated heterocycles. The predicted molar refractivity (Wildman–Crippen MR) is 60.9 cm³/mol. The van der Waals surface area contributed by atoms with Gasteiger partial charge in [0.2, 0.25) is 0 Å². The minimum absolute atomic E-state index is 0.129. The molecule has 0 radical (unpaired) electrons. The third-order valence-electron chi connectivity index (χ3n) is 2.36. The molecule has 15 heavy (non-hydrogen) atoms. The van der Waals surface area contributed by atoms with E-state index in [-0.39, 0.29) is 6.04 Å². The molecule has 0 saturated carbocycles. The summed E-state index contributed by atoms with van der Waals surface area (Å²) in [5.74, 6) is 0. The fourth-order valence-electron chi connectivity index (χ4n) is 1.57. The monoisotopic (exact) mass is 221 g/mol. The number of nitrogens with zero attached hydrogens (tertiary/aromatic N) is 2. The molecule has 0 aliphatic heterocycles. The molecular weight excluding hydrogens is 210 g/mol. The Morgan fingerprint density at radius 3 is 2.60 bits per heavy atom. The molecule has 2 aromatic rings. The number of benzene rings is 1. The van der Waals surface area contributed by atoms with Crippen molar-refractivity contribution in [2.24, 2.45) is 5.73 Å². The second kappa shape index (κ2) is 4.47. The van der Waals surface area contributed by atoms with Gasteiger partial charge in [0.25, 0.3) is 0 Å². The van der Waals surface area contributed by atoms with E-state index in [2.05, 4.69) is 4.98 Å². The van der Waals surface area contributed by atoms with Crippen molar-refractivity contribution in [3.05, 3.63) is 53.6 Å². The summed E-state index contributed by atoms with van der Waals surface area (Å²) >= 11 is 5.83. The Labute approximate surface area is 93.5 Å². The van der Waals surface area contributed by atoms with Crippen LogP contribution in [0, 0.1) is 0 Å². The molecule has 0 fully saturated rings. The first-order valence-corrected chi connectivity index (χ1v) is 5.12. The molecular formula is C11H12ClN3. The van der Waals surface area contributed by atoms with Gasteiger partial charge >= 0.3 is 0 Å². The highest BCUT2D eigenvalue weighted by Gasteiger charge is 2.10. The van der Waals surface area contributed by atoms with Crippen LogP contribution in [0.1, 0.15) is 11.6 Å². The van der Waals surface area contributed by atoms with Crippen LogP contribution in [-0.4, -0.2) is 16.1 Å². The molecule has 1 heterocycles. The van der Waals surface area contributed by atoms with E-state index in [1.807, 2.05) is 35.0 Å². The molecule has 0 aliphatic carbocycles. The molecule has 0 aliphatic rings. The van der Waals surface area contributed by atoms with Gasteiger partial charge in [-0.25, -0.2) is 4.98 Å². The minimum Gasteiger partial charge on any atom is -0.329 e.